The van der Waals surface area contributed by atoms with Crippen molar-refractivity contribution >= 4 is 32.6 Å². The van der Waals surface area contributed by atoms with Gasteiger partial charge in [0.15, 0.2) is 5.13 Å². The van der Waals surface area contributed by atoms with E-state index in [1.165, 1.54) is 11.3 Å². The fourth-order valence-corrected chi connectivity index (χ4v) is 4.43. The Morgan fingerprint density at radius 3 is 2.50 bits per heavy atom. The fraction of sp³-hybridized carbons (Fsp3) is 0.391. The number of hydrogen-bond donors (Lipinski definition) is 0. The molecule has 0 aliphatic heterocycles. The molecular weight excluding hydrogens is 398 g/mol. The van der Waals surface area contributed by atoms with E-state index in [-0.39, 0.29) is 5.91 Å². The number of thiazole rings is 1. The van der Waals surface area contributed by atoms with Crippen LogP contribution >= 0.6 is 11.3 Å². The Bertz CT molecular complexity index is 1010. The first-order valence-electron chi connectivity index (χ1n) is 10.1. The van der Waals surface area contributed by atoms with E-state index in [2.05, 4.69) is 18.7 Å². The number of anilines is 1. The summed E-state index contributed by atoms with van der Waals surface area (Å²) in [6.45, 7) is 9.50. The zero-order valence-corrected chi connectivity index (χ0v) is 19.1. The van der Waals surface area contributed by atoms with Gasteiger partial charge < -0.3 is 14.4 Å². The van der Waals surface area contributed by atoms with Gasteiger partial charge in [-0.2, -0.15) is 0 Å². The van der Waals surface area contributed by atoms with Crippen LogP contribution in [0.4, 0.5) is 5.13 Å². The van der Waals surface area contributed by atoms with Gasteiger partial charge in [0.1, 0.15) is 17.0 Å². The summed E-state index contributed by atoms with van der Waals surface area (Å²) in [7, 11) is 3.24. The van der Waals surface area contributed by atoms with E-state index in [0.29, 0.717) is 23.0 Å². The molecule has 3 rings (SSSR count). The monoisotopic (exact) mass is 427 g/mol. The molecule has 0 spiro atoms. The minimum absolute atomic E-state index is 0.0864. The molecule has 0 bridgehead atoms. The van der Waals surface area contributed by atoms with Gasteiger partial charge in [0.2, 0.25) is 0 Å². The number of likely N-dealkylation sites (N-methyl/N-ethyl adjacent to an activating group) is 1. The molecule has 0 aliphatic carbocycles. The van der Waals surface area contributed by atoms with E-state index < -0.39 is 0 Å². The number of carbonyl (C=O) groups excluding carboxylic acids is 1. The van der Waals surface area contributed by atoms with E-state index in [1.54, 1.807) is 25.2 Å². The van der Waals surface area contributed by atoms with Crippen molar-refractivity contribution in [1.82, 2.24) is 9.88 Å². The van der Waals surface area contributed by atoms with Gasteiger partial charge in [-0.05, 0) is 49.8 Å². The first-order valence-corrected chi connectivity index (χ1v) is 11.0. The molecule has 1 amide bonds. The van der Waals surface area contributed by atoms with E-state index >= 15 is 0 Å². The standard InChI is InChI=1S/C23H29N3O3S/c1-6-25(7-2)13-14-26(22(27)17-9-8-10-18(15-17)28-4)23-24-20-19(29-5)12-11-16(3)21(20)30-23/h8-12,15H,6-7,13-14H2,1-5H3. The number of hydrogen-bond acceptors (Lipinski definition) is 6. The summed E-state index contributed by atoms with van der Waals surface area (Å²) in [6.07, 6.45) is 0. The maximum absolute atomic E-state index is 13.5. The average molecular weight is 428 g/mol. The summed E-state index contributed by atoms with van der Waals surface area (Å²) < 4.78 is 11.8. The van der Waals surface area contributed by atoms with Crippen LogP contribution < -0.4 is 14.4 Å². The second-order valence-corrected chi connectivity index (χ2v) is 7.95. The van der Waals surface area contributed by atoms with Gasteiger partial charge in [0, 0.05) is 18.7 Å². The molecule has 0 radical (unpaired) electrons. The lowest BCUT2D eigenvalue weighted by molar-refractivity contribution is 0.0983. The molecule has 3 aromatic rings. The highest BCUT2D eigenvalue weighted by Crippen LogP contribution is 2.37. The van der Waals surface area contributed by atoms with Crippen molar-refractivity contribution in [3.8, 4) is 11.5 Å². The van der Waals surface area contributed by atoms with Gasteiger partial charge in [-0.1, -0.05) is 37.3 Å². The maximum atomic E-state index is 13.5. The van der Waals surface area contributed by atoms with E-state index in [1.807, 2.05) is 37.3 Å². The van der Waals surface area contributed by atoms with Crippen LogP contribution in [0.3, 0.4) is 0 Å². The van der Waals surface area contributed by atoms with Gasteiger partial charge >= 0.3 is 0 Å². The number of amides is 1. The third-order valence-electron chi connectivity index (χ3n) is 5.24. The average Bonchev–Trinajstić information content (AvgIpc) is 3.23. The van der Waals surface area contributed by atoms with E-state index in [4.69, 9.17) is 14.5 Å². The van der Waals surface area contributed by atoms with Gasteiger partial charge in [-0.15, -0.1) is 0 Å². The Morgan fingerprint density at radius 2 is 1.83 bits per heavy atom. The summed E-state index contributed by atoms with van der Waals surface area (Å²) in [6, 6.07) is 11.2. The lowest BCUT2D eigenvalue weighted by atomic mass is 10.2. The largest absolute Gasteiger partial charge is 0.497 e. The molecule has 0 aliphatic rings. The highest BCUT2D eigenvalue weighted by molar-refractivity contribution is 7.22. The summed E-state index contributed by atoms with van der Waals surface area (Å²) in [5, 5.41) is 0.678. The first-order chi connectivity index (χ1) is 14.5. The topological polar surface area (TPSA) is 54.9 Å². The minimum atomic E-state index is -0.0864. The number of fused-ring (bicyclic) bond motifs is 1. The minimum Gasteiger partial charge on any atom is -0.497 e. The van der Waals surface area contributed by atoms with Gasteiger partial charge in [-0.25, -0.2) is 4.98 Å². The lowest BCUT2D eigenvalue weighted by Gasteiger charge is -2.24. The molecule has 7 heteroatoms. The van der Waals surface area contributed by atoms with Crippen molar-refractivity contribution in [2.45, 2.75) is 20.8 Å². The Kier molecular flexibility index (Phi) is 7.29. The molecule has 0 unspecified atom stereocenters. The molecule has 160 valence electrons. The van der Waals surface area contributed by atoms with Crippen molar-refractivity contribution in [3.63, 3.8) is 0 Å². The van der Waals surface area contributed by atoms with Gasteiger partial charge in [0.25, 0.3) is 5.91 Å². The SMILES string of the molecule is CCN(CC)CCN(C(=O)c1cccc(OC)c1)c1nc2c(OC)ccc(C)c2s1. The summed E-state index contributed by atoms with van der Waals surface area (Å²) in [5.41, 5.74) is 2.49. The van der Waals surface area contributed by atoms with Crippen molar-refractivity contribution < 1.29 is 14.3 Å². The number of carbonyl (C=O) groups is 1. The molecular formula is C23H29N3O3S. The van der Waals surface area contributed by atoms with Crippen LogP contribution in [0, 0.1) is 6.92 Å². The zero-order valence-electron chi connectivity index (χ0n) is 18.3. The van der Waals surface area contributed by atoms with Crippen molar-refractivity contribution in [2.75, 3.05) is 45.3 Å². The lowest BCUT2D eigenvalue weighted by Crippen LogP contribution is -2.38. The molecule has 0 saturated heterocycles. The summed E-state index contributed by atoms with van der Waals surface area (Å²) in [4.78, 5) is 22.4. The van der Waals surface area contributed by atoms with E-state index in [9.17, 15) is 4.79 Å². The molecule has 30 heavy (non-hydrogen) atoms. The quantitative estimate of drug-likeness (QED) is 0.499. The number of methoxy groups -OCH3 is 2. The number of aryl methyl sites for hydroxylation is 1. The van der Waals surface area contributed by atoms with Crippen LogP contribution in [-0.4, -0.2) is 56.2 Å². The molecule has 1 aromatic heterocycles. The number of ether oxygens (including phenoxy) is 2. The van der Waals surface area contributed by atoms with Crippen LogP contribution in [0.2, 0.25) is 0 Å². The van der Waals surface area contributed by atoms with Gasteiger partial charge in [-0.3, -0.25) is 9.69 Å². The highest BCUT2D eigenvalue weighted by Gasteiger charge is 2.23. The molecule has 0 fully saturated rings. The number of benzene rings is 2. The Morgan fingerprint density at radius 1 is 1.07 bits per heavy atom. The van der Waals surface area contributed by atoms with Crippen molar-refractivity contribution in [2.24, 2.45) is 0 Å². The molecule has 1 heterocycles. The van der Waals surface area contributed by atoms with Crippen LogP contribution in [0.1, 0.15) is 29.8 Å². The molecule has 0 atom stereocenters. The smallest absolute Gasteiger partial charge is 0.260 e. The predicted octanol–water partition coefficient (Wildman–Crippen LogP) is 4.61. The summed E-state index contributed by atoms with van der Waals surface area (Å²) in [5.74, 6) is 1.29. The fourth-order valence-electron chi connectivity index (χ4n) is 3.36. The third-order valence-corrected chi connectivity index (χ3v) is 6.45. The number of aromatic nitrogens is 1. The Hall–Kier alpha value is -2.64. The van der Waals surface area contributed by atoms with Gasteiger partial charge in [0.05, 0.1) is 18.9 Å². The number of nitrogens with zero attached hydrogens (tertiary/aromatic N) is 3. The normalized spacial score (nSPS) is 11.1. The maximum Gasteiger partial charge on any atom is 0.260 e. The zero-order chi connectivity index (χ0) is 21.7. The highest BCUT2D eigenvalue weighted by atomic mass is 32.1. The van der Waals surface area contributed by atoms with Crippen LogP contribution in [0.5, 0.6) is 11.5 Å². The Balaban J connectivity index is 2.03. The molecule has 0 N–H and O–H groups in total. The van der Waals surface area contributed by atoms with Crippen molar-refractivity contribution in [3.05, 3.63) is 47.5 Å². The van der Waals surface area contributed by atoms with E-state index in [0.717, 1.165) is 41.2 Å². The summed E-state index contributed by atoms with van der Waals surface area (Å²) >= 11 is 1.53. The van der Waals surface area contributed by atoms with Crippen molar-refractivity contribution in [1.29, 1.82) is 0 Å². The third kappa shape index (κ3) is 4.57. The number of rotatable bonds is 9. The second-order valence-electron chi connectivity index (χ2n) is 6.97. The molecule has 6 nitrogen and oxygen atoms in total. The second kappa shape index (κ2) is 9.91. The Labute approximate surface area is 182 Å². The van der Waals surface area contributed by atoms with Crippen LogP contribution in [0.25, 0.3) is 10.2 Å². The molecule has 0 saturated carbocycles. The van der Waals surface area contributed by atoms with Crippen LogP contribution in [-0.2, 0) is 0 Å². The first kappa shape index (κ1) is 22.1. The molecule has 2 aromatic carbocycles. The van der Waals surface area contributed by atoms with Crippen LogP contribution in [0.15, 0.2) is 36.4 Å². The predicted molar refractivity (Wildman–Crippen MR) is 123 cm³/mol.